The standard InChI is InChI=1S/C23H21N3O7/c1-32-21-12-16(18(14-22(21)33-2)23(27)15-6-4-3-5-7-15)10-11-24-19-9-8-17(25(28)29)13-20(19)26(30)31/h3-9,12-14,24H,10-11H2,1-2H3. The third kappa shape index (κ3) is 5.24. The van der Waals surface area contributed by atoms with Crippen molar-refractivity contribution in [3.63, 3.8) is 0 Å². The zero-order valence-electron chi connectivity index (χ0n) is 17.9. The van der Waals surface area contributed by atoms with Crippen LogP contribution in [0.2, 0.25) is 0 Å². The number of nitrogens with zero attached hydrogens (tertiary/aromatic N) is 2. The highest BCUT2D eigenvalue weighted by molar-refractivity contribution is 6.10. The Balaban J connectivity index is 1.90. The van der Waals surface area contributed by atoms with Crippen LogP contribution in [-0.2, 0) is 6.42 Å². The number of hydrogen-bond acceptors (Lipinski definition) is 8. The zero-order valence-corrected chi connectivity index (χ0v) is 17.9. The summed E-state index contributed by atoms with van der Waals surface area (Å²) in [5.41, 5.74) is 0.935. The summed E-state index contributed by atoms with van der Waals surface area (Å²) in [6.07, 6.45) is 0.322. The van der Waals surface area contributed by atoms with Gasteiger partial charge in [-0.05, 0) is 30.2 Å². The van der Waals surface area contributed by atoms with Crippen LogP contribution in [-0.4, -0.2) is 36.4 Å². The minimum atomic E-state index is -0.693. The van der Waals surface area contributed by atoms with Gasteiger partial charge in [0.05, 0.1) is 30.1 Å². The summed E-state index contributed by atoms with van der Waals surface area (Å²) in [6.45, 7) is 0.225. The smallest absolute Gasteiger partial charge is 0.299 e. The summed E-state index contributed by atoms with van der Waals surface area (Å²) in [5.74, 6) is 0.644. The summed E-state index contributed by atoms with van der Waals surface area (Å²) >= 11 is 0. The molecule has 0 unspecified atom stereocenters. The van der Waals surface area contributed by atoms with Crippen molar-refractivity contribution in [2.75, 3.05) is 26.1 Å². The highest BCUT2D eigenvalue weighted by Gasteiger charge is 2.21. The van der Waals surface area contributed by atoms with Gasteiger partial charge in [-0.3, -0.25) is 25.0 Å². The molecule has 33 heavy (non-hydrogen) atoms. The highest BCUT2D eigenvalue weighted by Crippen LogP contribution is 2.33. The van der Waals surface area contributed by atoms with Crippen LogP contribution < -0.4 is 14.8 Å². The van der Waals surface area contributed by atoms with Crippen molar-refractivity contribution >= 4 is 22.8 Å². The minimum Gasteiger partial charge on any atom is -0.493 e. The van der Waals surface area contributed by atoms with Crippen molar-refractivity contribution in [1.82, 2.24) is 0 Å². The first-order valence-corrected chi connectivity index (χ1v) is 9.87. The largest absolute Gasteiger partial charge is 0.493 e. The fourth-order valence-corrected chi connectivity index (χ4v) is 3.35. The summed E-state index contributed by atoms with van der Waals surface area (Å²) in [7, 11) is 2.96. The predicted octanol–water partition coefficient (Wildman–Crippen LogP) is 4.41. The number of nitro groups is 2. The number of nitrogens with one attached hydrogen (secondary N) is 1. The van der Waals surface area contributed by atoms with E-state index in [9.17, 15) is 25.0 Å². The molecule has 0 bridgehead atoms. The number of anilines is 1. The molecular formula is C23H21N3O7. The van der Waals surface area contributed by atoms with Crippen molar-refractivity contribution in [2.24, 2.45) is 0 Å². The molecule has 0 aliphatic carbocycles. The van der Waals surface area contributed by atoms with Crippen molar-refractivity contribution in [3.05, 3.63) is 97.6 Å². The second-order valence-electron chi connectivity index (χ2n) is 6.95. The van der Waals surface area contributed by atoms with E-state index in [4.69, 9.17) is 9.47 Å². The average molecular weight is 451 g/mol. The van der Waals surface area contributed by atoms with E-state index in [0.717, 1.165) is 6.07 Å². The number of ketones is 1. The molecule has 0 saturated carbocycles. The molecule has 3 aromatic carbocycles. The molecule has 1 N–H and O–H groups in total. The maximum absolute atomic E-state index is 13.1. The molecule has 0 aromatic heterocycles. The Kier molecular flexibility index (Phi) is 7.19. The van der Waals surface area contributed by atoms with Crippen LogP contribution >= 0.6 is 0 Å². The van der Waals surface area contributed by atoms with Gasteiger partial charge in [-0.1, -0.05) is 30.3 Å². The molecule has 3 aromatic rings. The topological polar surface area (TPSA) is 134 Å². The van der Waals surface area contributed by atoms with E-state index in [1.54, 1.807) is 36.4 Å². The number of carbonyl (C=O) groups is 1. The van der Waals surface area contributed by atoms with E-state index < -0.39 is 15.5 Å². The number of nitro benzene ring substituents is 2. The second kappa shape index (κ2) is 10.2. The molecular weight excluding hydrogens is 430 g/mol. The molecule has 10 nitrogen and oxygen atoms in total. The van der Waals surface area contributed by atoms with E-state index in [-0.39, 0.29) is 23.7 Å². The van der Waals surface area contributed by atoms with Gasteiger partial charge in [-0.2, -0.15) is 0 Å². The lowest BCUT2D eigenvalue weighted by molar-refractivity contribution is -0.393. The zero-order chi connectivity index (χ0) is 24.0. The van der Waals surface area contributed by atoms with Gasteiger partial charge in [-0.25, -0.2) is 0 Å². The van der Waals surface area contributed by atoms with Crippen molar-refractivity contribution in [2.45, 2.75) is 6.42 Å². The molecule has 0 saturated heterocycles. The molecule has 0 radical (unpaired) electrons. The van der Waals surface area contributed by atoms with Crippen molar-refractivity contribution in [1.29, 1.82) is 0 Å². The summed E-state index contributed by atoms with van der Waals surface area (Å²) in [5, 5.41) is 25.2. The molecule has 0 spiro atoms. The fraction of sp³-hybridized carbons (Fsp3) is 0.174. The molecule has 170 valence electrons. The lowest BCUT2D eigenvalue weighted by Gasteiger charge is -2.15. The first-order valence-electron chi connectivity index (χ1n) is 9.87. The second-order valence-corrected chi connectivity index (χ2v) is 6.95. The lowest BCUT2D eigenvalue weighted by atomic mass is 9.95. The monoisotopic (exact) mass is 451 g/mol. The Hall–Kier alpha value is -4.47. The maximum Gasteiger partial charge on any atom is 0.299 e. The number of hydrogen-bond donors (Lipinski definition) is 1. The predicted molar refractivity (Wildman–Crippen MR) is 121 cm³/mol. The van der Waals surface area contributed by atoms with Gasteiger partial charge >= 0.3 is 0 Å². The molecule has 0 amide bonds. The Bertz CT molecular complexity index is 1200. The van der Waals surface area contributed by atoms with Gasteiger partial charge in [0, 0.05) is 23.7 Å². The van der Waals surface area contributed by atoms with Gasteiger partial charge in [0.2, 0.25) is 0 Å². The van der Waals surface area contributed by atoms with Crippen LogP contribution in [0.3, 0.4) is 0 Å². The summed E-state index contributed by atoms with van der Waals surface area (Å²) in [6, 6.07) is 15.5. The van der Waals surface area contributed by atoms with Gasteiger partial charge in [-0.15, -0.1) is 0 Å². The van der Waals surface area contributed by atoms with Crippen LogP contribution in [0.15, 0.2) is 60.7 Å². The third-order valence-electron chi connectivity index (χ3n) is 4.99. The van der Waals surface area contributed by atoms with E-state index >= 15 is 0 Å². The number of benzene rings is 3. The Morgan fingerprint density at radius 2 is 1.58 bits per heavy atom. The third-order valence-corrected chi connectivity index (χ3v) is 4.99. The first kappa shape index (κ1) is 23.2. The van der Waals surface area contributed by atoms with Crippen LogP contribution in [0.1, 0.15) is 21.5 Å². The Morgan fingerprint density at radius 3 is 2.18 bits per heavy atom. The molecule has 0 aliphatic rings. The van der Waals surface area contributed by atoms with Crippen molar-refractivity contribution in [3.8, 4) is 11.5 Å². The molecule has 3 rings (SSSR count). The number of non-ortho nitro benzene ring substituents is 1. The van der Waals surface area contributed by atoms with Crippen molar-refractivity contribution < 1.29 is 24.1 Å². The van der Waals surface area contributed by atoms with Gasteiger partial charge in [0.1, 0.15) is 5.69 Å². The van der Waals surface area contributed by atoms with Crippen LogP contribution in [0.5, 0.6) is 11.5 Å². The Morgan fingerprint density at radius 1 is 0.909 bits per heavy atom. The molecule has 0 aliphatic heterocycles. The average Bonchev–Trinajstić information content (AvgIpc) is 2.83. The SMILES string of the molecule is COc1cc(CCNc2ccc([N+](=O)[O-])cc2[N+](=O)[O-])c(C(=O)c2ccccc2)cc1OC. The van der Waals surface area contributed by atoms with Gasteiger partial charge in [0.15, 0.2) is 17.3 Å². The quantitative estimate of drug-likeness (QED) is 0.272. The first-order chi connectivity index (χ1) is 15.8. The lowest BCUT2D eigenvalue weighted by Crippen LogP contribution is -2.12. The van der Waals surface area contributed by atoms with E-state index in [2.05, 4.69) is 5.32 Å². The number of rotatable bonds is 10. The van der Waals surface area contributed by atoms with Crippen LogP contribution in [0.25, 0.3) is 0 Å². The summed E-state index contributed by atoms with van der Waals surface area (Å²) in [4.78, 5) is 34.0. The fourth-order valence-electron chi connectivity index (χ4n) is 3.35. The molecule has 0 fully saturated rings. The molecule has 0 heterocycles. The Labute approximate surface area is 189 Å². The van der Waals surface area contributed by atoms with E-state index in [1.165, 1.54) is 26.4 Å². The molecule has 0 atom stereocenters. The normalized spacial score (nSPS) is 10.4. The van der Waals surface area contributed by atoms with E-state index in [0.29, 0.717) is 34.6 Å². The van der Waals surface area contributed by atoms with E-state index in [1.807, 2.05) is 6.07 Å². The highest BCUT2D eigenvalue weighted by atomic mass is 16.6. The van der Waals surface area contributed by atoms with Gasteiger partial charge < -0.3 is 14.8 Å². The van der Waals surface area contributed by atoms with Crippen LogP contribution in [0, 0.1) is 20.2 Å². The number of ether oxygens (including phenoxy) is 2. The number of methoxy groups -OCH3 is 2. The van der Waals surface area contributed by atoms with Crippen LogP contribution in [0.4, 0.5) is 17.1 Å². The minimum absolute atomic E-state index is 0.141. The maximum atomic E-state index is 13.1. The molecule has 10 heteroatoms. The number of carbonyl (C=O) groups excluding carboxylic acids is 1. The summed E-state index contributed by atoms with van der Waals surface area (Å²) < 4.78 is 10.7. The van der Waals surface area contributed by atoms with Gasteiger partial charge in [0.25, 0.3) is 11.4 Å².